The summed E-state index contributed by atoms with van der Waals surface area (Å²) in [5.74, 6) is 0.696. The quantitative estimate of drug-likeness (QED) is 0.824. The fourth-order valence-corrected chi connectivity index (χ4v) is 2.57. The number of fused-ring (bicyclic) bond motifs is 1. The Hall–Kier alpha value is -2.20. The van der Waals surface area contributed by atoms with Gasteiger partial charge in [-0.25, -0.2) is 0 Å². The van der Waals surface area contributed by atoms with Crippen LogP contribution in [0.2, 0.25) is 5.02 Å². The SMILES string of the molecule is Nc1c(Cl)cccc1C(=O)N1CCOc2ccccc2C1. The third-order valence-electron chi connectivity index (χ3n) is 3.52. The van der Waals surface area contributed by atoms with Gasteiger partial charge in [-0.2, -0.15) is 0 Å². The van der Waals surface area contributed by atoms with Crippen LogP contribution in [0.15, 0.2) is 42.5 Å². The Bertz CT molecular complexity index is 688. The van der Waals surface area contributed by atoms with Crippen molar-refractivity contribution in [1.82, 2.24) is 4.90 Å². The van der Waals surface area contributed by atoms with Crippen LogP contribution in [0, 0.1) is 0 Å². The summed E-state index contributed by atoms with van der Waals surface area (Å²) in [7, 11) is 0. The van der Waals surface area contributed by atoms with E-state index in [0.29, 0.717) is 36.0 Å². The summed E-state index contributed by atoms with van der Waals surface area (Å²) in [5, 5.41) is 0.396. The van der Waals surface area contributed by atoms with Crippen LogP contribution in [-0.4, -0.2) is 24.0 Å². The Labute approximate surface area is 128 Å². The number of hydrogen-bond acceptors (Lipinski definition) is 3. The van der Waals surface area contributed by atoms with Gasteiger partial charge in [-0.05, 0) is 18.2 Å². The number of carbonyl (C=O) groups excluding carboxylic acids is 1. The molecule has 1 heterocycles. The van der Waals surface area contributed by atoms with Gasteiger partial charge in [0.05, 0.1) is 22.8 Å². The lowest BCUT2D eigenvalue weighted by atomic mass is 10.1. The molecule has 21 heavy (non-hydrogen) atoms. The summed E-state index contributed by atoms with van der Waals surface area (Å²) in [6, 6.07) is 12.8. The van der Waals surface area contributed by atoms with E-state index in [9.17, 15) is 4.79 Å². The fraction of sp³-hybridized carbons (Fsp3) is 0.188. The topological polar surface area (TPSA) is 55.6 Å². The van der Waals surface area contributed by atoms with Crippen LogP contribution < -0.4 is 10.5 Å². The number of ether oxygens (including phenoxy) is 1. The minimum absolute atomic E-state index is 0.129. The third-order valence-corrected chi connectivity index (χ3v) is 3.85. The minimum atomic E-state index is -0.129. The summed E-state index contributed by atoms with van der Waals surface area (Å²) in [5.41, 5.74) is 7.66. The number of amides is 1. The predicted molar refractivity (Wildman–Crippen MR) is 82.5 cm³/mol. The van der Waals surface area contributed by atoms with Crippen LogP contribution in [0.5, 0.6) is 5.75 Å². The normalized spacial score (nSPS) is 14.0. The molecule has 0 aliphatic carbocycles. The Morgan fingerprint density at radius 2 is 2.00 bits per heavy atom. The molecular weight excluding hydrogens is 288 g/mol. The molecule has 0 spiro atoms. The van der Waals surface area contributed by atoms with Gasteiger partial charge < -0.3 is 15.4 Å². The summed E-state index contributed by atoms with van der Waals surface area (Å²) < 4.78 is 5.67. The first-order chi connectivity index (χ1) is 10.2. The van der Waals surface area contributed by atoms with Crippen LogP contribution >= 0.6 is 11.6 Å². The maximum absolute atomic E-state index is 12.7. The van der Waals surface area contributed by atoms with Crippen molar-refractivity contribution in [2.75, 3.05) is 18.9 Å². The number of hydrogen-bond donors (Lipinski definition) is 1. The van der Waals surface area contributed by atoms with Gasteiger partial charge in [0.15, 0.2) is 0 Å². The zero-order valence-corrected chi connectivity index (χ0v) is 12.1. The van der Waals surface area contributed by atoms with Crippen LogP contribution in [0.3, 0.4) is 0 Å². The molecule has 2 aromatic rings. The van der Waals surface area contributed by atoms with E-state index in [-0.39, 0.29) is 5.91 Å². The molecule has 0 bridgehead atoms. The van der Waals surface area contributed by atoms with Crippen molar-refractivity contribution >= 4 is 23.2 Å². The molecule has 0 saturated heterocycles. The van der Waals surface area contributed by atoms with Gasteiger partial charge in [-0.3, -0.25) is 4.79 Å². The number of rotatable bonds is 1. The van der Waals surface area contributed by atoms with E-state index in [1.807, 2.05) is 24.3 Å². The number of carbonyl (C=O) groups is 1. The summed E-state index contributed by atoms with van der Waals surface area (Å²) in [4.78, 5) is 14.4. The molecular formula is C16H15ClN2O2. The molecule has 2 aromatic carbocycles. The van der Waals surface area contributed by atoms with E-state index in [0.717, 1.165) is 11.3 Å². The van der Waals surface area contributed by atoms with E-state index in [4.69, 9.17) is 22.1 Å². The van der Waals surface area contributed by atoms with E-state index in [2.05, 4.69) is 0 Å². The lowest BCUT2D eigenvalue weighted by Crippen LogP contribution is -2.33. The van der Waals surface area contributed by atoms with Crippen molar-refractivity contribution in [1.29, 1.82) is 0 Å². The van der Waals surface area contributed by atoms with Gasteiger partial charge in [0, 0.05) is 12.1 Å². The van der Waals surface area contributed by atoms with Gasteiger partial charge in [-0.1, -0.05) is 35.9 Å². The monoisotopic (exact) mass is 302 g/mol. The molecule has 0 saturated carbocycles. The molecule has 3 rings (SSSR count). The maximum atomic E-state index is 12.7. The molecule has 4 nitrogen and oxygen atoms in total. The van der Waals surface area contributed by atoms with E-state index < -0.39 is 0 Å². The number of halogens is 1. The van der Waals surface area contributed by atoms with Gasteiger partial charge in [0.2, 0.25) is 0 Å². The van der Waals surface area contributed by atoms with Crippen molar-refractivity contribution in [3.63, 3.8) is 0 Å². The standard InChI is InChI=1S/C16H15ClN2O2/c17-13-6-3-5-12(15(13)18)16(20)19-8-9-21-14-7-2-1-4-11(14)10-19/h1-7H,8-10,18H2. The second kappa shape index (κ2) is 5.66. The van der Waals surface area contributed by atoms with Crippen molar-refractivity contribution < 1.29 is 9.53 Å². The molecule has 108 valence electrons. The van der Waals surface area contributed by atoms with Crippen molar-refractivity contribution in [3.8, 4) is 5.75 Å². The number of nitrogens with zero attached hydrogens (tertiary/aromatic N) is 1. The van der Waals surface area contributed by atoms with Gasteiger partial charge >= 0.3 is 0 Å². The number of anilines is 1. The number of nitrogen functional groups attached to an aromatic ring is 1. The zero-order chi connectivity index (χ0) is 14.8. The largest absolute Gasteiger partial charge is 0.491 e. The van der Waals surface area contributed by atoms with E-state index in [1.54, 1.807) is 23.1 Å². The van der Waals surface area contributed by atoms with E-state index >= 15 is 0 Å². The maximum Gasteiger partial charge on any atom is 0.256 e. The highest BCUT2D eigenvalue weighted by atomic mass is 35.5. The summed E-state index contributed by atoms with van der Waals surface area (Å²) >= 11 is 5.99. The first-order valence-electron chi connectivity index (χ1n) is 6.71. The number of para-hydroxylation sites is 2. The average Bonchev–Trinajstić information content (AvgIpc) is 2.71. The van der Waals surface area contributed by atoms with Crippen LogP contribution in [-0.2, 0) is 6.54 Å². The van der Waals surface area contributed by atoms with Crippen molar-refractivity contribution in [3.05, 3.63) is 58.6 Å². The van der Waals surface area contributed by atoms with Gasteiger partial charge in [0.25, 0.3) is 5.91 Å². The highest BCUT2D eigenvalue weighted by Gasteiger charge is 2.22. The molecule has 0 unspecified atom stereocenters. The second-order valence-electron chi connectivity index (χ2n) is 4.88. The highest BCUT2D eigenvalue weighted by molar-refractivity contribution is 6.33. The lowest BCUT2D eigenvalue weighted by molar-refractivity contribution is 0.0734. The molecule has 1 aliphatic rings. The molecule has 1 amide bonds. The number of benzene rings is 2. The Morgan fingerprint density at radius 3 is 2.86 bits per heavy atom. The van der Waals surface area contributed by atoms with Crippen LogP contribution in [0.4, 0.5) is 5.69 Å². The molecule has 5 heteroatoms. The molecule has 1 aliphatic heterocycles. The zero-order valence-electron chi connectivity index (χ0n) is 11.4. The highest BCUT2D eigenvalue weighted by Crippen LogP contribution is 2.27. The lowest BCUT2D eigenvalue weighted by Gasteiger charge is -2.21. The Kier molecular flexibility index (Phi) is 3.71. The number of nitrogens with two attached hydrogens (primary N) is 1. The summed E-state index contributed by atoms with van der Waals surface area (Å²) in [6.45, 7) is 1.48. The van der Waals surface area contributed by atoms with Crippen LogP contribution in [0.1, 0.15) is 15.9 Å². The molecule has 0 atom stereocenters. The van der Waals surface area contributed by atoms with Gasteiger partial charge in [-0.15, -0.1) is 0 Å². The Balaban J connectivity index is 1.90. The second-order valence-corrected chi connectivity index (χ2v) is 5.29. The fourth-order valence-electron chi connectivity index (χ4n) is 2.39. The molecule has 0 fully saturated rings. The predicted octanol–water partition coefficient (Wildman–Crippen LogP) is 2.96. The third kappa shape index (κ3) is 2.67. The average molecular weight is 303 g/mol. The summed E-state index contributed by atoms with van der Waals surface area (Å²) in [6.07, 6.45) is 0. The van der Waals surface area contributed by atoms with Crippen molar-refractivity contribution in [2.24, 2.45) is 0 Å². The molecule has 0 radical (unpaired) electrons. The smallest absolute Gasteiger partial charge is 0.256 e. The minimum Gasteiger partial charge on any atom is -0.491 e. The first kappa shape index (κ1) is 13.8. The van der Waals surface area contributed by atoms with Crippen LogP contribution in [0.25, 0.3) is 0 Å². The van der Waals surface area contributed by atoms with Gasteiger partial charge in [0.1, 0.15) is 12.4 Å². The first-order valence-corrected chi connectivity index (χ1v) is 7.08. The molecule has 2 N–H and O–H groups in total. The Morgan fingerprint density at radius 1 is 1.19 bits per heavy atom. The van der Waals surface area contributed by atoms with E-state index in [1.165, 1.54) is 0 Å². The van der Waals surface area contributed by atoms with Crippen molar-refractivity contribution in [2.45, 2.75) is 6.54 Å². The molecule has 0 aromatic heterocycles.